The van der Waals surface area contributed by atoms with Crippen LogP contribution in [0.5, 0.6) is 5.75 Å². The summed E-state index contributed by atoms with van der Waals surface area (Å²) in [6.45, 7) is 1.52. The maximum Gasteiger partial charge on any atom is 0.250 e. The molecule has 112 valence electrons. The van der Waals surface area contributed by atoms with Crippen LogP contribution >= 0.6 is 31.9 Å². The third kappa shape index (κ3) is 4.43. The summed E-state index contributed by atoms with van der Waals surface area (Å²) in [5.74, 6) is 0.736. The molecule has 21 heavy (non-hydrogen) atoms. The number of benzene rings is 1. The molecule has 0 saturated carbocycles. The molecule has 1 aromatic carbocycles. The zero-order valence-corrected chi connectivity index (χ0v) is 14.6. The second-order valence-corrected chi connectivity index (χ2v) is 6.22. The molecule has 2 rings (SSSR count). The molecule has 4 nitrogen and oxygen atoms in total. The first-order chi connectivity index (χ1) is 10.1. The number of pyridine rings is 1. The van der Waals surface area contributed by atoms with Crippen LogP contribution in [0.25, 0.3) is 0 Å². The maximum atomic E-state index is 11.6. The average molecular weight is 416 g/mol. The van der Waals surface area contributed by atoms with E-state index in [9.17, 15) is 4.79 Å². The van der Waals surface area contributed by atoms with Gasteiger partial charge in [-0.2, -0.15) is 0 Å². The van der Waals surface area contributed by atoms with Crippen LogP contribution in [-0.2, 0) is 13.0 Å². The number of halogens is 2. The molecule has 2 aromatic rings. The van der Waals surface area contributed by atoms with Gasteiger partial charge in [-0.25, -0.2) is 0 Å². The van der Waals surface area contributed by atoms with Crippen LogP contribution < -0.4 is 16.0 Å². The fourth-order valence-electron chi connectivity index (χ4n) is 1.95. The van der Waals surface area contributed by atoms with Crippen LogP contribution in [0.2, 0.25) is 0 Å². The summed E-state index contributed by atoms with van der Waals surface area (Å²) >= 11 is 7.01. The minimum Gasteiger partial charge on any atom is -0.489 e. The number of hydrogen-bond acceptors (Lipinski definition) is 3. The SMILES string of the molecule is NCCc1cc(Br)c(OCCn2ccccc2=O)c(Br)c1. The van der Waals surface area contributed by atoms with E-state index in [1.165, 1.54) is 6.07 Å². The van der Waals surface area contributed by atoms with Gasteiger partial charge in [-0.1, -0.05) is 6.07 Å². The molecule has 0 saturated heterocycles. The molecule has 0 atom stereocenters. The third-order valence-corrected chi connectivity index (χ3v) is 4.15. The van der Waals surface area contributed by atoms with Crippen LogP contribution in [-0.4, -0.2) is 17.7 Å². The van der Waals surface area contributed by atoms with Gasteiger partial charge in [-0.05, 0) is 68.6 Å². The second kappa shape index (κ2) is 7.77. The Hall–Kier alpha value is -1.11. The Morgan fingerprint density at radius 1 is 1.19 bits per heavy atom. The Balaban J connectivity index is 2.03. The van der Waals surface area contributed by atoms with Gasteiger partial charge in [0.25, 0.3) is 5.56 Å². The van der Waals surface area contributed by atoms with Crippen molar-refractivity contribution in [2.75, 3.05) is 13.2 Å². The summed E-state index contributed by atoms with van der Waals surface area (Å²) in [5.41, 5.74) is 6.67. The number of hydrogen-bond donors (Lipinski definition) is 1. The minimum absolute atomic E-state index is 0.0301. The van der Waals surface area contributed by atoms with Crippen molar-refractivity contribution < 1.29 is 4.74 Å². The molecular formula is C15H16Br2N2O2. The Morgan fingerprint density at radius 2 is 1.90 bits per heavy atom. The summed E-state index contributed by atoms with van der Waals surface area (Å²) < 4.78 is 9.14. The molecule has 0 amide bonds. The molecule has 0 aliphatic carbocycles. The van der Waals surface area contributed by atoms with Crippen LogP contribution in [0.3, 0.4) is 0 Å². The quantitative estimate of drug-likeness (QED) is 0.788. The zero-order chi connectivity index (χ0) is 15.2. The normalized spacial score (nSPS) is 10.6. The van der Waals surface area contributed by atoms with Crippen molar-refractivity contribution in [3.8, 4) is 5.75 Å². The van der Waals surface area contributed by atoms with Gasteiger partial charge in [0.05, 0.1) is 15.5 Å². The standard InChI is InChI=1S/C15H16Br2N2O2/c16-12-9-11(4-5-18)10-13(17)15(12)21-8-7-19-6-2-1-3-14(19)20/h1-3,6,9-10H,4-5,7-8,18H2. The van der Waals surface area contributed by atoms with E-state index >= 15 is 0 Å². The van der Waals surface area contributed by atoms with E-state index in [2.05, 4.69) is 31.9 Å². The lowest BCUT2D eigenvalue weighted by atomic mass is 10.1. The lowest BCUT2D eigenvalue weighted by Crippen LogP contribution is -2.21. The lowest BCUT2D eigenvalue weighted by Gasteiger charge is -2.13. The summed E-state index contributed by atoms with van der Waals surface area (Å²) in [4.78, 5) is 11.6. The zero-order valence-electron chi connectivity index (χ0n) is 11.4. The highest BCUT2D eigenvalue weighted by Crippen LogP contribution is 2.34. The molecule has 0 aliphatic rings. The van der Waals surface area contributed by atoms with Crippen LogP contribution in [0.15, 0.2) is 50.3 Å². The monoisotopic (exact) mass is 414 g/mol. The van der Waals surface area contributed by atoms with E-state index in [1.54, 1.807) is 16.8 Å². The highest BCUT2D eigenvalue weighted by Gasteiger charge is 2.09. The molecule has 0 spiro atoms. The van der Waals surface area contributed by atoms with Crippen molar-refractivity contribution >= 4 is 31.9 Å². The van der Waals surface area contributed by atoms with Gasteiger partial charge in [-0.15, -0.1) is 0 Å². The van der Waals surface area contributed by atoms with Crippen molar-refractivity contribution in [1.82, 2.24) is 4.57 Å². The molecule has 6 heteroatoms. The molecule has 0 aliphatic heterocycles. The Bertz CT molecular complexity index is 648. The first-order valence-electron chi connectivity index (χ1n) is 6.58. The number of aromatic nitrogens is 1. The smallest absolute Gasteiger partial charge is 0.250 e. The van der Waals surface area contributed by atoms with Crippen molar-refractivity contribution in [3.05, 3.63) is 61.4 Å². The summed E-state index contributed by atoms with van der Waals surface area (Å²) in [7, 11) is 0. The Labute approximate surface area is 140 Å². The molecule has 1 aromatic heterocycles. The fourth-order valence-corrected chi connectivity index (χ4v) is 3.46. The van der Waals surface area contributed by atoms with Gasteiger partial charge in [0.1, 0.15) is 12.4 Å². The average Bonchev–Trinajstić information content (AvgIpc) is 2.44. The molecule has 0 bridgehead atoms. The predicted octanol–water partition coefficient (Wildman–Crippen LogP) is 2.95. The van der Waals surface area contributed by atoms with Gasteiger partial charge >= 0.3 is 0 Å². The number of rotatable bonds is 6. The van der Waals surface area contributed by atoms with E-state index in [4.69, 9.17) is 10.5 Å². The summed E-state index contributed by atoms with van der Waals surface area (Å²) in [6, 6.07) is 9.09. The highest BCUT2D eigenvalue weighted by atomic mass is 79.9. The van der Waals surface area contributed by atoms with Gasteiger partial charge in [0, 0.05) is 12.3 Å². The Morgan fingerprint density at radius 3 is 2.52 bits per heavy atom. The maximum absolute atomic E-state index is 11.6. The fraction of sp³-hybridized carbons (Fsp3) is 0.267. The minimum atomic E-state index is -0.0301. The van der Waals surface area contributed by atoms with E-state index in [0.29, 0.717) is 19.7 Å². The van der Waals surface area contributed by atoms with Gasteiger partial charge in [0.15, 0.2) is 0 Å². The highest BCUT2D eigenvalue weighted by molar-refractivity contribution is 9.11. The van der Waals surface area contributed by atoms with Crippen LogP contribution in [0.4, 0.5) is 0 Å². The first kappa shape index (κ1) is 16.3. The van der Waals surface area contributed by atoms with E-state index in [1.807, 2.05) is 18.2 Å². The van der Waals surface area contributed by atoms with Crippen LogP contribution in [0, 0.1) is 0 Å². The summed E-state index contributed by atoms with van der Waals surface area (Å²) in [5, 5.41) is 0. The van der Waals surface area contributed by atoms with Gasteiger partial charge in [0.2, 0.25) is 0 Å². The first-order valence-corrected chi connectivity index (χ1v) is 8.16. The van der Waals surface area contributed by atoms with Gasteiger partial charge in [-0.3, -0.25) is 4.79 Å². The summed E-state index contributed by atoms with van der Waals surface area (Å²) in [6.07, 6.45) is 2.57. The second-order valence-electron chi connectivity index (χ2n) is 4.51. The largest absolute Gasteiger partial charge is 0.489 e. The molecular weight excluding hydrogens is 400 g/mol. The molecule has 0 fully saturated rings. The van der Waals surface area contributed by atoms with E-state index < -0.39 is 0 Å². The van der Waals surface area contributed by atoms with E-state index in [-0.39, 0.29) is 5.56 Å². The van der Waals surface area contributed by atoms with Crippen LogP contribution in [0.1, 0.15) is 5.56 Å². The predicted molar refractivity (Wildman–Crippen MR) is 90.8 cm³/mol. The van der Waals surface area contributed by atoms with Crippen molar-refractivity contribution in [3.63, 3.8) is 0 Å². The molecule has 0 unspecified atom stereocenters. The van der Waals surface area contributed by atoms with Crippen molar-refractivity contribution in [2.45, 2.75) is 13.0 Å². The van der Waals surface area contributed by atoms with E-state index in [0.717, 1.165) is 26.7 Å². The molecule has 1 heterocycles. The number of nitrogens with two attached hydrogens (primary N) is 1. The molecule has 0 radical (unpaired) electrons. The molecule has 2 N–H and O–H groups in total. The van der Waals surface area contributed by atoms with Crippen molar-refractivity contribution in [2.24, 2.45) is 5.73 Å². The lowest BCUT2D eigenvalue weighted by molar-refractivity contribution is 0.293. The number of nitrogens with zero attached hydrogens (tertiary/aromatic N) is 1. The number of ether oxygens (including phenoxy) is 1. The topological polar surface area (TPSA) is 57.2 Å². The van der Waals surface area contributed by atoms with Gasteiger partial charge < -0.3 is 15.0 Å². The Kier molecular flexibility index (Phi) is 6.02. The third-order valence-electron chi connectivity index (χ3n) is 2.97. The van der Waals surface area contributed by atoms with Crippen molar-refractivity contribution in [1.29, 1.82) is 0 Å².